The summed E-state index contributed by atoms with van der Waals surface area (Å²) >= 11 is 0. The van der Waals surface area contributed by atoms with Crippen molar-refractivity contribution in [3.63, 3.8) is 0 Å². The van der Waals surface area contributed by atoms with Gasteiger partial charge in [-0.05, 0) is 24.4 Å². The van der Waals surface area contributed by atoms with Crippen LogP contribution in [0.15, 0.2) is 36.7 Å². The highest BCUT2D eigenvalue weighted by molar-refractivity contribution is 5.55. The predicted octanol–water partition coefficient (Wildman–Crippen LogP) is 3.70. The van der Waals surface area contributed by atoms with Crippen molar-refractivity contribution < 1.29 is 0 Å². The minimum absolute atomic E-state index is 0.484. The Morgan fingerprint density at radius 3 is 2.58 bits per heavy atom. The molecule has 2 aromatic rings. The van der Waals surface area contributed by atoms with E-state index in [4.69, 9.17) is 5.73 Å². The van der Waals surface area contributed by atoms with Crippen LogP contribution in [0.3, 0.4) is 0 Å². The van der Waals surface area contributed by atoms with Gasteiger partial charge in [-0.2, -0.15) is 0 Å². The average molecular weight is 257 g/mol. The highest BCUT2D eigenvalue weighted by atomic mass is 14.9. The first-order chi connectivity index (χ1) is 9.35. The van der Waals surface area contributed by atoms with Gasteiger partial charge < -0.3 is 10.7 Å². The second kappa shape index (κ2) is 7.10. The number of unbranched alkanes of at least 4 members (excludes halogenated alkanes) is 2. The fraction of sp³-hybridized carbons (Fsp3) is 0.438. The molecule has 1 unspecified atom stereocenters. The number of H-pyrrole nitrogens is 1. The second-order valence-electron chi connectivity index (χ2n) is 4.99. The van der Waals surface area contributed by atoms with E-state index in [0.29, 0.717) is 5.92 Å². The number of rotatable bonds is 7. The first-order valence-electron chi connectivity index (χ1n) is 7.15. The van der Waals surface area contributed by atoms with E-state index in [2.05, 4.69) is 41.2 Å². The van der Waals surface area contributed by atoms with Gasteiger partial charge >= 0.3 is 0 Å². The maximum atomic E-state index is 5.90. The van der Waals surface area contributed by atoms with E-state index in [9.17, 15) is 0 Å². The summed E-state index contributed by atoms with van der Waals surface area (Å²) in [6.45, 7) is 2.96. The normalized spacial score (nSPS) is 12.5. The third kappa shape index (κ3) is 3.67. The van der Waals surface area contributed by atoms with Crippen LogP contribution in [-0.2, 0) is 0 Å². The molecule has 2 rings (SSSR count). The van der Waals surface area contributed by atoms with Gasteiger partial charge in [0.25, 0.3) is 0 Å². The number of aromatic nitrogens is 2. The summed E-state index contributed by atoms with van der Waals surface area (Å²) in [5.41, 5.74) is 8.37. The molecule has 0 aliphatic heterocycles. The first kappa shape index (κ1) is 13.8. The van der Waals surface area contributed by atoms with Gasteiger partial charge in [-0.25, -0.2) is 4.98 Å². The van der Waals surface area contributed by atoms with E-state index in [1.165, 1.54) is 31.2 Å². The zero-order valence-corrected chi connectivity index (χ0v) is 11.6. The SMILES string of the molecule is CCCCCC(CN)c1ccc(-c2ncc[nH]2)cc1. The summed E-state index contributed by atoms with van der Waals surface area (Å²) in [6, 6.07) is 8.61. The van der Waals surface area contributed by atoms with Gasteiger partial charge in [0.1, 0.15) is 5.82 Å². The highest BCUT2D eigenvalue weighted by Gasteiger charge is 2.09. The Labute approximate surface area is 115 Å². The van der Waals surface area contributed by atoms with Crippen molar-refractivity contribution in [2.45, 2.75) is 38.5 Å². The Morgan fingerprint density at radius 2 is 2.00 bits per heavy atom. The summed E-state index contributed by atoms with van der Waals surface area (Å²) in [5, 5.41) is 0. The third-order valence-corrected chi connectivity index (χ3v) is 3.59. The molecule has 0 saturated heterocycles. The maximum Gasteiger partial charge on any atom is 0.137 e. The number of benzene rings is 1. The van der Waals surface area contributed by atoms with Crippen LogP contribution in [0, 0.1) is 0 Å². The van der Waals surface area contributed by atoms with Crippen LogP contribution < -0.4 is 5.73 Å². The molecule has 0 spiro atoms. The Balaban J connectivity index is 2.03. The number of nitrogens with two attached hydrogens (primary N) is 1. The minimum Gasteiger partial charge on any atom is -0.345 e. The molecule has 0 bridgehead atoms. The van der Waals surface area contributed by atoms with Crippen molar-refractivity contribution in [2.24, 2.45) is 5.73 Å². The van der Waals surface area contributed by atoms with Crippen molar-refractivity contribution in [1.29, 1.82) is 0 Å². The summed E-state index contributed by atoms with van der Waals surface area (Å²) in [4.78, 5) is 7.38. The lowest BCUT2D eigenvalue weighted by Crippen LogP contribution is -2.12. The van der Waals surface area contributed by atoms with Crippen LogP contribution in [0.5, 0.6) is 0 Å². The van der Waals surface area contributed by atoms with E-state index in [1.54, 1.807) is 6.20 Å². The molecular weight excluding hydrogens is 234 g/mol. The second-order valence-corrected chi connectivity index (χ2v) is 4.99. The Kier molecular flexibility index (Phi) is 5.16. The summed E-state index contributed by atoms with van der Waals surface area (Å²) in [7, 11) is 0. The molecule has 1 aromatic carbocycles. The van der Waals surface area contributed by atoms with Crippen molar-refractivity contribution >= 4 is 0 Å². The fourth-order valence-corrected chi connectivity index (χ4v) is 2.40. The molecule has 3 N–H and O–H groups in total. The van der Waals surface area contributed by atoms with Gasteiger partial charge in [0.2, 0.25) is 0 Å². The molecule has 1 aromatic heterocycles. The Hall–Kier alpha value is -1.61. The number of nitrogens with one attached hydrogen (secondary N) is 1. The van der Waals surface area contributed by atoms with E-state index < -0.39 is 0 Å². The number of aromatic amines is 1. The molecule has 19 heavy (non-hydrogen) atoms. The smallest absolute Gasteiger partial charge is 0.137 e. The molecular formula is C16H23N3. The lowest BCUT2D eigenvalue weighted by molar-refractivity contribution is 0.572. The summed E-state index contributed by atoms with van der Waals surface area (Å²) < 4.78 is 0. The maximum absolute atomic E-state index is 5.90. The van der Waals surface area contributed by atoms with E-state index in [1.807, 2.05) is 6.20 Å². The van der Waals surface area contributed by atoms with Gasteiger partial charge in [-0.3, -0.25) is 0 Å². The zero-order chi connectivity index (χ0) is 13.5. The molecule has 0 saturated carbocycles. The van der Waals surface area contributed by atoms with Crippen LogP contribution in [0.25, 0.3) is 11.4 Å². The van der Waals surface area contributed by atoms with Gasteiger partial charge in [0.05, 0.1) is 0 Å². The van der Waals surface area contributed by atoms with Crippen LogP contribution in [0.1, 0.15) is 44.1 Å². The summed E-state index contributed by atoms with van der Waals surface area (Å²) in [6.07, 6.45) is 8.62. The molecule has 1 atom stereocenters. The zero-order valence-electron chi connectivity index (χ0n) is 11.6. The van der Waals surface area contributed by atoms with Crippen molar-refractivity contribution in [3.05, 3.63) is 42.2 Å². The lowest BCUT2D eigenvalue weighted by atomic mass is 9.92. The topological polar surface area (TPSA) is 54.7 Å². The highest BCUT2D eigenvalue weighted by Crippen LogP contribution is 2.24. The molecule has 3 heteroatoms. The quantitative estimate of drug-likeness (QED) is 0.743. The van der Waals surface area contributed by atoms with Gasteiger partial charge in [-0.15, -0.1) is 0 Å². The van der Waals surface area contributed by atoms with E-state index in [0.717, 1.165) is 17.9 Å². The lowest BCUT2D eigenvalue weighted by Gasteiger charge is -2.15. The Morgan fingerprint density at radius 1 is 1.21 bits per heavy atom. The van der Waals surface area contributed by atoms with Crippen LogP contribution in [0.2, 0.25) is 0 Å². The van der Waals surface area contributed by atoms with Gasteiger partial charge in [0.15, 0.2) is 0 Å². The Bertz CT molecular complexity index is 459. The van der Waals surface area contributed by atoms with E-state index in [-0.39, 0.29) is 0 Å². The number of hydrogen-bond acceptors (Lipinski definition) is 2. The van der Waals surface area contributed by atoms with E-state index >= 15 is 0 Å². The molecule has 1 heterocycles. The van der Waals surface area contributed by atoms with Crippen molar-refractivity contribution in [1.82, 2.24) is 9.97 Å². The van der Waals surface area contributed by atoms with Crippen LogP contribution in [0.4, 0.5) is 0 Å². The molecule has 0 aliphatic carbocycles. The number of hydrogen-bond donors (Lipinski definition) is 2. The predicted molar refractivity (Wildman–Crippen MR) is 80.0 cm³/mol. The summed E-state index contributed by atoms with van der Waals surface area (Å²) in [5.74, 6) is 1.40. The molecule has 0 fully saturated rings. The largest absolute Gasteiger partial charge is 0.345 e. The van der Waals surface area contributed by atoms with Crippen LogP contribution >= 0.6 is 0 Å². The fourth-order valence-electron chi connectivity index (χ4n) is 2.40. The molecule has 3 nitrogen and oxygen atoms in total. The number of nitrogens with zero attached hydrogens (tertiary/aromatic N) is 1. The van der Waals surface area contributed by atoms with Crippen LogP contribution in [-0.4, -0.2) is 16.5 Å². The first-order valence-corrected chi connectivity index (χ1v) is 7.15. The van der Waals surface area contributed by atoms with Gasteiger partial charge in [-0.1, -0.05) is 50.5 Å². The monoisotopic (exact) mass is 257 g/mol. The minimum atomic E-state index is 0.484. The molecule has 0 aliphatic rings. The van der Waals surface area contributed by atoms with Crippen molar-refractivity contribution in [2.75, 3.05) is 6.54 Å². The van der Waals surface area contributed by atoms with Crippen molar-refractivity contribution in [3.8, 4) is 11.4 Å². The molecule has 0 amide bonds. The number of imidazole rings is 1. The average Bonchev–Trinajstić information content (AvgIpc) is 2.98. The third-order valence-electron chi connectivity index (χ3n) is 3.59. The standard InChI is InChI=1S/C16H23N3/c1-2-3-4-5-15(12-17)13-6-8-14(9-7-13)16-18-10-11-19-16/h6-11,15H,2-5,12,17H2,1H3,(H,18,19). The van der Waals surface area contributed by atoms with Gasteiger partial charge in [0, 0.05) is 18.0 Å². The molecule has 0 radical (unpaired) electrons. The molecule has 102 valence electrons.